The molecule has 1 heterocycles. The highest BCUT2D eigenvalue weighted by Gasteiger charge is 2.07. The number of ether oxygens (including phenoxy) is 1. The molecular weight excluding hydrogens is 212 g/mol. The van der Waals surface area contributed by atoms with E-state index in [1.807, 2.05) is 19.5 Å². The molecule has 0 fully saturated rings. The number of esters is 1. The zero-order valence-electron chi connectivity index (χ0n) is 9.32. The molecule has 0 saturated heterocycles. The zero-order valence-corrected chi connectivity index (χ0v) is 10.1. The molecule has 84 valence electrons. The maximum atomic E-state index is 11.0. The standard InChI is InChI=1S/C10H16N2O2S/c1-12(2)5-4-9-11-8(7-15-9)6-10(13)14-3/h7H,4-6H2,1-3H3. The second-order valence-electron chi connectivity index (χ2n) is 3.54. The van der Waals surface area contributed by atoms with Crippen molar-refractivity contribution in [1.82, 2.24) is 9.88 Å². The second-order valence-corrected chi connectivity index (χ2v) is 4.48. The molecule has 4 nitrogen and oxygen atoms in total. The van der Waals surface area contributed by atoms with Crippen molar-refractivity contribution in [3.8, 4) is 0 Å². The highest BCUT2D eigenvalue weighted by atomic mass is 32.1. The Morgan fingerprint density at radius 2 is 2.33 bits per heavy atom. The maximum Gasteiger partial charge on any atom is 0.311 e. The molecule has 0 aliphatic heterocycles. The molecule has 0 spiro atoms. The van der Waals surface area contributed by atoms with Crippen LogP contribution in [0.4, 0.5) is 0 Å². The van der Waals surface area contributed by atoms with Gasteiger partial charge in [0.15, 0.2) is 0 Å². The lowest BCUT2D eigenvalue weighted by molar-refractivity contribution is -0.139. The summed E-state index contributed by atoms with van der Waals surface area (Å²) in [5.74, 6) is -0.237. The first kappa shape index (κ1) is 12.1. The van der Waals surface area contributed by atoms with Crippen LogP contribution in [-0.4, -0.2) is 43.6 Å². The fourth-order valence-corrected chi connectivity index (χ4v) is 1.87. The predicted molar refractivity (Wildman–Crippen MR) is 60.1 cm³/mol. The van der Waals surface area contributed by atoms with Gasteiger partial charge in [-0.25, -0.2) is 4.98 Å². The largest absolute Gasteiger partial charge is 0.469 e. The Morgan fingerprint density at radius 3 is 2.93 bits per heavy atom. The fraction of sp³-hybridized carbons (Fsp3) is 0.600. The van der Waals surface area contributed by atoms with Crippen LogP contribution >= 0.6 is 11.3 Å². The van der Waals surface area contributed by atoms with Crippen molar-refractivity contribution in [2.45, 2.75) is 12.8 Å². The van der Waals surface area contributed by atoms with Gasteiger partial charge in [0.1, 0.15) is 0 Å². The number of hydrogen-bond donors (Lipinski definition) is 0. The van der Waals surface area contributed by atoms with E-state index in [2.05, 4.69) is 14.6 Å². The Balaban J connectivity index is 2.45. The average Bonchev–Trinajstić information content (AvgIpc) is 2.62. The summed E-state index contributed by atoms with van der Waals surface area (Å²) >= 11 is 1.60. The molecule has 0 unspecified atom stereocenters. The van der Waals surface area contributed by atoms with Crippen LogP contribution in [0, 0.1) is 0 Å². The van der Waals surface area contributed by atoms with Crippen molar-refractivity contribution in [2.24, 2.45) is 0 Å². The first-order chi connectivity index (χ1) is 7.11. The Labute approximate surface area is 93.9 Å². The van der Waals surface area contributed by atoms with Gasteiger partial charge in [-0.3, -0.25) is 4.79 Å². The Kier molecular flexibility index (Phi) is 4.71. The minimum Gasteiger partial charge on any atom is -0.469 e. The molecule has 5 heteroatoms. The molecule has 0 radical (unpaired) electrons. The third-order valence-corrected chi connectivity index (χ3v) is 2.88. The third kappa shape index (κ3) is 4.40. The van der Waals surface area contributed by atoms with Gasteiger partial charge in [-0.15, -0.1) is 11.3 Å². The molecule has 1 aromatic heterocycles. The fourth-order valence-electron chi connectivity index (χ4n) is 1.08. The summed E-state index contributed by atoms with van der Waals surface area (Å²) in [4.78, 5) is 17.5. The quantitative estimate of drug-likeness (QED) is 0.704. The normalized spacial score (nSPS) is 10.7. The zero-order chi connectivity index (χ0) is 11.3. The molecular formula is C10H16N2O2S. The van der Waals surface area contributed by atoms with Gasteiger partial charge in [-0.2, -0.15) is 0 Å². The van der Waals surface area contributed by atoms with Gasteiger partial charge in [0.05, 0.1) is 24.2 Å². The van der Waals surface area contributed by atoms with Crippen molar-refractivity contribution in [3.63, 3.8) is 0 Å². The lowest BCUT2D eigenvalue weighted by Gasteiger charge is -2.06. The Bertz CT molecular complexity index is 323. The van der Waals surface area contributed by atoms with Crippen molar-refractivity contribution in [1.29, 1.82) is 0 Å². The van der Waals surface area contributed by atoms with Crippen molar-refractivity contribution in [2.75, 3.05) is 27.7 Å². The van der Waals surface area contributed by atoms with Crippen LogP contribution in [0.2, 0.25) is 0 Å². The van der Waals surface area contributed by atoms with Gasteiger partial charge in [0.2, 0.25) is 0 Å². The molecule has 0 aliphatic carbocycles. The van der Waals surface area contributed by atoms with E-state index < -0.39 is 0 Å². The predicted octanol–water partition coefficient (Wildman–Crippen LogP) is 0.963. The van der Waals surface area contributed by atoms with Crippen LogP contribution < -0.4 is 0 Å². The Morgan fingerprint density at radius 1 is 1.60 bits per heavy atom. The molecule has 0 aromatic carbocycles. The van der Waals surface area contributed by atoms with Crippen LogP contribution in [0.1, 0.15) is 10.7 Å². The van der Waals surface area contributed by atoms with Crippen LogP contribution in [0.25, 0.3) is 0 Å². The molecule has 0 aliphatic rings. The van der Waals surface area contributed by atoms with Gasteiger partial charge in [0, 0.05) is 18.3 Å². The SMILES string of the molecule is COC(=O)Cc1csc(CCN(C)C)n1. The number of thiazole rings is 1. The minimum atomic E-state index is -0.237. The average molecular weight is 228 g/mol. The Hall–Kier alpha value is -0.940. The van der Waals surface area contributed by atoms with Crippen LogP contribution in [0.3, 0.4) is 0 Å². The molecule has 0 saturated carbocycles. The number of rotatable bonds is 5. The van der Waals surface area contributed by atoms with E-state index >= 15 is 0 Å². The molecule has 0 amide bonds. The number of nitrogens with zero attached hydrogens (tertiary/aromatic N) is 2. The van der Waals surface area contributed by atoms with E-state index in [1.165, 1.54) is 7.11 Å². The van der Waals surface area contributed by atoms with E-state index in [0.717, 1.165) is 23.7 Å². The number of carbonyl (C=O) groups is 1. The van der Waals surface area contributed by atoms with Crippen LogP contribution in [0.15, 0.2) is 5.38 Å². The van der Waals surface area contributed by atoms with Gasteiger partial charge >= 0.3 is 5.97 Å². The highest BCUT2D eigenvalue weighted by molar-refractivity contribution is 7.09. The van der Waals surface area contributed by atoms with Crippen molar-refractivity contribution < 1.29 is 9.53 Å². The molecule has 15 heavy (non-hydrogen) atoms. The van der Waals surface area contributed by atoms with Crippen LogP contribution in [0.5, 0.6) is 0 Å². The smallest absolute Gasteiger partial charge is 0.311 e. The molecule has 0 atom stereocenters. The number of carbonyl (C=O) groups excluding carboxylic acids is 1. The maximum absolute atomic E-state index is 11.0. The molecule has 1 rings (SSSR count). The van der Waals surface area contributed by atoms with Gasteiger partial charge in [-0.05, 0) is 14.1 Å². The summed E-state index contributed by atoms with van der Waals surface area (Å²) in [6, 6.07) is 0. The van der Waals surface area contributed by atoms with Gasteiger partial charge in [0.25, 0.3) is 0 Å². The van der Waals surface area contributed by atoms with E-state index in [1.54, 1.807) is 11.3 Å². The van der Waals surface area contributed by atoms with E-state index in [-0.39, 0.29) is 12.4 Å². The lowest BCUT2D eigenvalue weighted by atomic mass is 10.3. The van der Waals surface area contributed by atoms with Gasteiger partial charge < -0.3 is 9.64 Å². The van der Waals surface area contributed by atoms with E-state index in [9.17, 15) is 4.79 Å². The summed E-state index contributed by atoms with van der Waals surface area (Å²) in [5, 5.41) is 2.99. The van der Waals surface area contributed by atoms with E-state index in [4.69, 9.17) is 0 Å². The summed E-state index contributed by atoms with van der Waals surface area (Å²) in [5.41, 5.74) is 0.806. The summed E-state index contributed by atoms with van der Waals surface area (Å²) in [7, 11) is 5.45. The number of methoxy groups -OCH3 is 1. The number of aromatic nitrogens is 1. The molecule has 1 aromatic rings. The first-order valence-electron chi connectivity index (χ1n) is 4.76. The summed E-state index contributed by atoms with van der Waals surface area (Å²) in [6.07, 6.45) is 1.20. The number of likely N-dealkylation sites (N-methyl/N-ethyl adjacent to an activating group) is 1. The number of hydrogen-bond acceptors (Lipinski definition) is 5. The highest BCUT2D eigenvalue weighted by Crippen LogP contribution is 2.11. The monoisotopic (exact) mass is 228 g/mol. The van der Waals surface area contributed by atoms with E-state index in [0.29, 0.717) is 0 Å². The lowest BCUT2D eigenvalue weighted by Crippen LogP contribution is -2.15. The van der Waals surface area contributed by atoms with Gasteiger partial charge in [-0.1, -0.05) is 0 Å². The van der Waals surface area contributed by atoms with Crippen molar-refractivity contribution >= 4 is 17.3 Å². The minimum absolute atomic E-state index is 0.237. The first-order valence-corrected chi connectivity index (χ1v) is 5.64. The van der Waals surface area contributed by atoms with Crippen LogP contribution in [-0.2, 0) is 22.4 Å². The second kappa shape index (κ2) is 5.82. The third-order valence-electron chi connectivity index (χ3n) is 1.93. The summed E-state index contributed by atoms with van der Waals surface area (Å²) < 4.78 is 4.58. The summed E-state index contributed by atoms with van der Waals surface area (Å²) in [6.45, 7) is 0.977. The van der Waals surface area contributed by atoms with Crippen molar-refractivity contribution in [3.05, 3.63) is 16.1 Å². The molecule has 0 bridgehead atoms. The molecule has 0 N–H and O–H groups in total. The topological polar surface area (TPSA) is 42.4 Å².